The number of hydrogen-bond donors (Lipinski definition) is 0. The number of esters is 1. The Hall–Kier alpha value is -1.84. The minimum absolute atomic E-state index is 0.236. The summed E-state index contributed by atoms with van der Waals surface area (Å²) in [5.74, 6) is -0.776. The van der Waals surface area contributed by atoms with Gasteiger partial charge in [-0.25, -0.2) is 9.18 Å². The lowest BCUT2D eigenvalue weighted by Gasteiger charge is -2.20. The number of halogens is 1. The van der Waals surface area contributed by atoms with E-state index in [4.69, 9.17) is 4.74 Å². The fourth-order valence-corrected chi connectivity index (χ4v) is 1.43. The van der Waals surface area contributed by atoms with Crippen LogP contribution >= 0.6 is 0 Å². The lowest BCUT2D eigenvalue weighted by molar-refractivity contribution is -0.138. The van der Waals surface area contributed by atoms with E-state index in [1.807, 2.05) is 0 Å². The Bertz CT molecular complexity index is 418. The van der Waals surface area contributed by atoms with Gasteiger partial charge in [0.15, 0.2) is 0 Å². The number of para-hydroxylation sites is 1. The van der Waals surface area contributed by atoms with Crippen molar-refractivity contribution in [2.45, 2.75) is 6.92 Å². The second kappa shape index (κ2) is 6.03. The quantitative estimate of drug-likeness (QED) is 0.581. The highest BCUT2D eigenvalue weighted by molar-refractivity contribution is 5.88. The molecule has 3 nitrogen and oxygen atoms in total. The average molecular weight is 237 g/mol. The lowest BCUT2D eigenvalue weighted by Crippen LogP contribution is -2.24. The first-order valence-electron chi connectivity index (χ1n) is 5.36. The summed E-state index contributed by atoms with van der Waals surface area (Å²) in [6.45, 7) is 5.90. The minimum atomic E-state index is -0.448. The second-order valence-corrected chi connectivity index (χ2v) is 3.63. The summed E-state index contributed by atoms with van der Waals surface area (Å²) in [4.78, 5) is 13.0. The molecule has 4 heteroatoms. The minimum Gasteiger partial charge on any atom is -0.463 e. The molecule has 0 unspecified atom stereocenters. The Morgan fingerprint density at radius 2 is 2.12 bits per heavy atom. The molecule has 1 rings (SSSR count). The van der Waals surface area contributed by atoms with Gasteiger partial charge in [-0.1, -0.05) is 18.7 Å². The maximum absolute atomic E-state index is 13.5. The summed E-state index contributed by atoms with van der Waals surface area (Å²) in [5.41, 5.74) is 0.732. The highest BCUT2D eigenvalue weighted by atomic mass is 19.1. The van der Waals surface area contributed by atoms with E-state index in [2.05, 4.69) is 6.58 Å². The third kappa shape index (κ3) is 3.59. The van der Waals surface area contributed by atoms with Crippen molar-refractivity contribution in [1.29, 1.82) is 0 Å². The molecular weight excluding hydrogens is 221 g/mol. The van der Waals surface area contributed by atoms with E-state index in [9.17, 15) is 9.18 Å². The Labute approximate surface area is 100 Å². The topological polar surface area (TPSA) is 29.5 Å². The molecule has 0 aliphatic heterocycles. The molecule has 0 heterocycles. The van der Waals surface area contributed by atoms with Crippen molar-refractivity contribution in [3.8, 4) is 0 Å². The van der Waals surface area contributed by atoms with Crippen molar-refractivity contribution in [2.24, 2.45) is 0 Å². The number of carbonyl (C=O) groups is 1. The van der Waals surface area contributed by atoms with Crippen molar-refractivity contribution in [2.75, 3.05) is 25.1 Å². The van der Waals surface area contributed by atoms with Crippen molar-refractivity contribution in [1.82, 2.24) is 0 Å². The van der Waals surface area contributed by atoms with Crippen LogP contribution in [0.15, 0.2) is 36.4 Å². The highest BCUT2D eigenvalue weighted by Gasteiger charge is 2.13. The number of carbonyl (C=O) groups excluding carboxylic acids is 1. The zero-order valence-electron chi connectivity index (χ0n) is 10.1. The van der Waals surface area contributed by atoms with Gasteiger partial charge in [-0.2, -0.15) is 0 Å². The van der Waals surface area contributed by atoms with E-state index >= 15 is 0 Å². The fourth-order valence-electron chi connectivity index (χ4n) is 1.43. The monoisotopic (exact) mass is 237 g/mol. The van der Waals surface area contributed by atoms with E-state index in [0.717, 1.165) is 0 Å². The molecule has 17 heavy (non-hydrogen) atoms. The van der Waals surface area contributed by atoms with Gasteiger partial charge in [0.25, 0.3) is 0 Å². The highest BCUT2D eigenvalue weighted by Crippen LogP contribution is 2.17. The number of anilines is 1. The SMILES string of the molecule is C=C(CN(C)c1ccccc1F)C(=O)OCC. The third-order valence-corrected chi connectivity index (χ3v) is 2.26. The molecule has 92 valence electrons. The van der Waals surface area contributed by atoms with Crippen LogP contribution in [0, 0.1) is 5.82 Å². The Balaban J connectivity index is 2.67. The van der Waals surface area contributed by atoms with Crippen LogP contribution in [0.2, 0.25) is 0 Å². The maximum Gasteiger partial charge on any atom is 0.335 e. The van der Waals surface area contributed by atoms with Gasteiger partial charge in [0.2, 0.25) is 0 Å². The summed E-state index contributed by atoms with van der Waals surface area (Å²) in [5, 5.41) is 0. The largest absolute Gasteiger partial charge is 0.463 e. The summed E-state index contributed by atoms with van der Waals surface area (Å²) in [6, 6.07) is 6.38. The molecule has 0 fully saturated rings. The van der Waals surface area contributed by atoms with Gasteiger partial charge >= 0.3 is 5.97 Å². The molecule has 0 bridgehead atoms. The lowest BCUT2D eigenvalue weighted by atomic mass is 10.2. The van der Waals surface area contributed by atoms with E-state index < -0.39 is 5.97 Å². The van der Waals surface area contributed by atoms with E-state index in [-0.39, 0.29) is 12.4 Å². The Morgan fingerprint density at radius 3 is 2.71 bits per heavy atom. The third-order valence-electron chi connectivity index (χ3n) is 2.26. The number of nitrogens with zero attached hydrogens (tertiary/aromatic N) is 1. The van der Waals surface area contributed by atoms with Gasteiger partial charge in [-0.15, -0.1) is 0 Å². The summed E-state index contributed by atoms with van der Waals surface area (Å²) in [6.07, 6.45) is 0. The Morgan fingerprint density at radius 1 is 1.47 bits per heavy atom. The Kier molecular flexibility index (Phi) is 4.69. The number of rotatable bonds is 5. The van der Waals surface area contributed by atoms with Crippen molar-refractivity contribution < 1.29 is 13.9 Å². The molecule has 0 atom stereocenters. The van der Waals surface area contributed by atoms with Crippen LogP contribution < -0.4 is 4.90 Å². The number of ether oxygens (including phenoxy) is 1. The molecule has 1 aromatic rings. The number of benzene rings is 1. The van der Waals surface area contributed by atoms with E-state index in [1.165, 1.54) is 6.07 Å². The first-order valence-corrected chi connectivity index (χ1v) is 5.36. The summed E-state index contributed by atoms with van der Waals surface area (Å²) in [7, 11) is 1.70. The molecule has 0 amide bonds. The molecule has 0 saturated heterocycles. The van der Waals surface area contributed by atoms with Gasteiger partial charge in [0.1, 0.15) is 5.82 Å². The number of likely N-dealkylation sites (N-methyl/N-ethyl adjacent to an activating group) is 1. The predicted octanol–water partition coefficient (Wildman–Crippen LogP) is 2.38. The molecule has 0 N–H and O–H groups in total. The van der Waals surface area contributed by atoms with E-state index in [0.29, 0.717) is 17.9 Å². The predicted molar refractivity (Wildman–Crippen MR) is 65.4 cm³/mol. The van der Waals surface area contributed by atoms with Gasteiger partial charge in [-0.05, 0) is 19.1 Å². The normalized spacial score (nSPS) is 9.82. The molecular formula is C13H16FNO2. The maximum atomic E-state index is 13.5. The smallest absolute Gasteiger partial charge is 0.335 e. The van der Waals surface area contributed by atoms with Gasteiger partial charge in [-0.3, -0.25) is 0 Å². The van der Waals surface area contributed by atoms with Crippen molar-refractivity contribution in [3.63, 3.8) is 0 Å². The molecule has 1 aromatic carbocycles. The van der Waals surface area contributed by atoms with Crippen LogP contribution in [0.3, 0.4) is 0 Å². The number of hydrogen-bond acceptors (Lipinski definition) is 3. The van der Waals surface area contributed by atoms with Gasteiger partial charge in [0.05, 0.1) is 12.3 Å². The summed E-state index contributed by atoms with van der Waals surface area (Å²) >= 11 is 0. The van der Waals surface area contributed by atoms with Crippen LogP contribution in [-0.2, 0) is 9.53 Å². The van der Waals surface area contributed by atoms with Crippen LogP contribution in [0.4, 0.5) is 10.1 Å². The van der Waals surface area contributed by atoms with Crippen molar-refractivity contribution >= 4 is 11.7 Å². The summed E-state index contributed by atoms with van der Waals surface area (Å²) < 4.78 is 18.3. The molecule has 0 radical (unpaired) electrons. The van der Waals surface area contributed by atoms with Crippen LogP contribution in [0.25, 0.3) is 0 Å². The zero-order valence-corrected chi connectivity index (χ0v) is 10.1. The molecule has 0 spiro atoms. The first kappa shape index (κ1) is 13.2. The average Bonchev–Trinajstić information content (AvgIpc) is 2.29. The first-order chi connectivity index (χ1) is 8.06. The van der Waals surface area contributed by atoms with Crippen LogP contribution in [0.1, 0.15) is 6.92 Å². The van der Waals surface area contributed by atoms with Gasteiger partial charge < -0.3 is 9.64 Å². The van der Waals surface area contributed by atoms with Crippen LogP contribution in [0.5, 0.6) is 0 Å². The fraction of sp³-hybridized carbons (Fsp3) is 0.308. The van der Waals surface area contributed by atoms with Crippen LogP contribution in [-0.4, -0.2) is 26.2 Å². The molecule has 0 saturated carbocycles. The van der Waals surface area contributed by atoms with Crippen molar-refractivity contribution in [3.05, 3.63) is 42.2 Å². The van der Waals surface area contributed by atoms with E-state index in [1.54, 1.807) is 37.1 Å². The molecule has 0 aliphatic rings. The molecule has 0 aliphatic carbocycles. The standard InChI is InChI=1S/C13H16FNO2/c1-4-17-13(16)10(2)9-15(3)12-8-6-5-7-11(12)14/h5-8H,2,4,9H2,1,3H3. The second-order valence-electron chi connectivity index (χ2n) is 3.63. The van der Waals surface area contributed by atoms with Gasteiger partial charge in [0, 0.05) is 19.2 Å². The zero-order chi connectivity index (χ0) is 12.8. The molecule has 0 aromatic heterocycles.